The first-order valence-corrected chi connectivity index (χ1v) is 14.3. The van der Waals surface area contributed by atoms with Crippen LogP contribution in [0.15, 0.2) is 48.5 Å². The van der Waals surface area contributed by atoms with Crippen LogP contribution in [0.3, 0.4) is 0 Å². The SMILES string of the molecule is COC(=O)C(=O)C1(NC(=O)[C@@H]2CCC3CN(S(=O)(=O)Cc4ccccc4)CC(=O)N32)Cc2ccc(N)cc2C1. The molecule has 0 saturated carbocycles. The van der Waals surface area contributed by atoms with Crippen LogP contribution < -0.4 is 11.1 Å². The monoisotopic (exact) mass is 554 g/mol. The second-order valence-corrected chi connectivity index (χ2v) is 12.3. The normalized spacial score (nSPS) is 24.6. The number of nitrogens with zero attached hydrogens (tertiary/aromatic N) is 2. The fourth-order valence-corrected chi connectivity index (χ4v) is 7.43. The Morgan fingerprint density at radius 3 is 2.51 bits per heavy atom. The number of hydrogen-bond donors (Lipinski definition) is 2. The van der Waals surface area contributed by atoms with Crippen molar-refractivity contribution in [3.8, 4) is 0 Å². The molecule has 39 heavy (non-hydrogen) atoms. The molecule has 3 N–H and O–H groups in total. The molecule has 0 bridgehead atoms. The number of piperazine rings is 1. The lowest BCUT2D eigenvalue weighted by molar-refractivity contribution is -0.155. The van der Waals surface area contributed by atoms with Gasteiger partial charge in [-0.05, 0) is 41.7 Å². The zero-order valence-electron chi connectivity index (χ0n) is 21.5. The van der Waals surface area contributed by atoms with Gasteiger partial charge in [-0.2, -0.15) is 4.31 Å². The predicted molar refractivity (Wildman–Crippen MR) is 140 cm³/mol. The summed E-state index contributed by atoms with van der Waals surface area (Å²) in [4.78, 5) is 53.7. The van der Waals surface area contributed by atoms with Crippen LogP contribution in [0.2, 0.25) is 0 Å². The lowest BCUT2D eigenvalue weighted by Crippen LogP contribution is -2.64. The maximum Gasteiger partial charge on any atom is 0.376 e. The number of hydrogen-bond acceptors (Lipinski definition) is 8. The first kappa shape index (κ1) is 26.8. The number of nitrogens with two attached hydrogens (primary N) is 1. The van der Waals surface area contributed by atoms with Gasteiger partial charge in [0.25, 0.3) is 5.78 Å². The number of carbonyl (C=O) groups excluding carboxylic acids is 4. The van der Waals surface area contributed by atoms with Crippen molar-refractivity contribution in [1.29, 1.82) is 0 Å². The van der Waals surface area contributed by atoms with Crippen molar-refractivity contribution < 1.29 is 32.3 Å². The molecule has 2 heterocycles. The molecule has 5 rings (SSSR count). The number of benzene rings is 2. The summed E-state index contributed by atoms with van der Waals surface area (Å²) in [5, 5.41) is 2.79. The van der Waals surface area contributed by atoms with E-state index in [1.165, 1.54) is 9.21 Å². The summed E-state index contributed by atoms with van der Waals surface area (Å²) >= 11 is 0. The van der Waals surface area contributed by atoms with Crippen molar-refractivity contribution in [2.75, 3.05) is 25.9 Å². The van der Waals surface area contributed by atoms with Crippen LogP contribution in [0.25, 0.3) is 0 Å². The molecule has 206 valence electrons. The van der Waals surface area contributed by atoms with E-state index >= 15 is 0 Å². The molecule has 2 fully saturated rings. The number of sulfonamides is 1. The first-order valence-electron chi connectivity index (χ1n) is 12.7. The Balaban J connectivity index is 1.33. The van der Waals surface area contributed by atoms with Gasteiger partial charge in [-0.25, -0.2) is 13.2 Å². The molecule has 2 aliphatic heterocycles. The number of carbonyl (C=O) groups is 4. The molecule has 2 aromatic carbocycles. The average molecular weight is 555 g/mol. The van der Waals surface area contributed by atoms with Gasteiger partial charge in [0.05, 0.1) is 19.4 Å². The van der Waals surface area contributed by atoms with Crippen LogP contribution in [0.1, 0.15) is 29.5 Å². The highest BCUT2D eigenvalue weighted by Gasteiger charge is 2.52. The largest absolute Gasteiger partial charge is 0.463 e. The zero-order valence-corrected chi connectivity index (χ0v) is 22.3. The van der Waals surface area contributed by atoms with Gasteiger partial charge in [-0.1, -0.05) is 36.4 Å². The Hall–Kier alpha value is -3.77. The summed E-state index contributed by atoms with van der Waals surface area (Å²) < 4.78 is 32.0. The molecule has 2 amide bonds. The van der Waals surface area contributed by atoms with E-state index in [1.54, 1.807) is 48.5 Å². The smallest absolute Gasteiger partial charge is 0.376 e. The summed E-state index contributed by atoms with van der Waals surface area (Å²) in [7, 11) is -2.65. The first-order chi connectivity index (χ1) is 18.5. The van der Waals surface area contributed by atoms with Crippen molar-refractivity contribution in [2.24, 2.45) is 0 Å². The summed E-state index contributed by atoms with van der Waals surface area (Å²) in [6.07, 6.45) is 0.869. The molecule has 0 aromatic heterocycles. The van der Waals surface area contributed by atoms with E-state index in [0.29, 0.717) is 24.1 Å². The van der Waals surface area contributed by atoms with Crippen molar-refractivity contribution >= 4 is 39.3 Å². The predicted octanol–water partition coefficient (Wildman–Crippen LogP) is 0.170. The average Bonchev–Trinajstić information content (AvgIpc) is 3.50. The lowest BCUT2D eigenvalue weighted by atomic mass is 9.89. The topological polar surface area (TPSA) is 156 Å². The number of Topliss-reactive ketones (excluding diaryl/α,β-unsaturated/α-hetero) is 1. The van der Waals surface area contributed by atoms with Gasteiger partial charge in [0.1, 0.15) is 11.6 Å². The number of amides is 2. The van der Waals surface area contributed by atoms with E-state index in [0.717, 1.165) is 18.2 Å². The second-order valence-electron chi connectivity index (χ2n) is 10.4. The van der Waals surface area contributed by atoms with Crippen molar-refractivity contribution in [2.45, 2.75) is 49.1 Å². The fraction of sp³-hybridized carbons (Fsp3) is 0.407. The molecular weight excluding hydrogens is 524 g/mol. The van der Waals surface area contributed by atoms with Crippen molar-refractivity contribution in [1.82, 2.24) is 14.5 Å². The highest BCUT2D eigenvalue weighted by atomic mass is 32.2. The Bertz CT molecular complexity index is 1450. The van der Waals surface area contributed by atoms with Gasteiger partial charge in [0.2, 0.25) is 21.8 Å². The third-order valence-electron chi connectivity index (χ3n) is 7.79. The minimum absolute atomic E-state index is 0.0582. The number of ether oxygens (including phenoxy) is 1. The minimum atomic E-state index is -3.75. The third-order valence-corrected chi connectivity index (χ3v) is 9.55. The minimum Gasteiger partial charge on any atom is -0.463 e. The third kappa shape index (κ3) is 5.01. The molecule has 2 saturated heterocycles. The Labute approximate surface area is 226 Å². The summed E-state index contributed by atoms with van der Waals surface area (Å²) in [6.45, 7) is -0.284. The number of anilines is 1. The standard InChI is InChI=1S/C27H30N4O7S/c1-38-26(35)24(33)27(12-18-7-8-20(28)11-19(18)13-27)29-25(34)22-10-9-21-14-30(15-23(32)31(21)22)39(36,37)16-17-5-3-2-4-6-17/h2-8,11,21-22H,9-10,12-16,28H2,1H3,(H,29,34)/t21?,22-,27?/m0/s1. The maximum atomic E-state index is 13.6. The highest BCUT2D eigenvalue weighted by Crippen LogP contribution is 2.35. The van der Waals surface area contributed by atoms with Crippen LogP contribution in [-0.4, -0.2) is 79.0 Å². The molecule has 11 nitrogen and oxygen atoms in total. The number of ketones is 1. The van der Waals surface area contributed by atoms with Crippen LogP contribution in [0.5, 0.6) is 0 Å². The second kappa shape index (κ2) is 10.1. The van der Waals surface area contributed by atoms with Crippen LogP contribution >= 0.6 is 0 Å². The Morgan fingerprint density at radius 2 is 1.79 bits per heavy atom. The van der Waals surface area contributed by atoms with E-state index < -0.39 is 51.2 Å². The molecule has 3 atom stereocenters. The number of nitrogen functional groups attached to an aromatic ring is 1. The number of methoxy groups -OCH3 is 1. The lowest BCUT2D eigenvalue weighted by Gasteiger charge is -2.39. The Morgan fingerprint density at radius 1 is 1.08 bits per heavy atom. The molecule has 3 aliphatic rings. The molecule has 1 aliphatic carbocycles. The summed E-state index contributed by atoms with van der Waals surface area (Å²) in [5.74, 6) is -3.22. The molecule has 0 radical (unpaired) electrons. The van der Waals surface area contributed by atoms with Crippen LogP contribution in [-0.2, 0) is 52.5 Å². The maximum absolute atomic E-state index is 13.6. The Kier molecular flexibility index (Phi) is 6.93. The number of nitrogens with one attached hydrogen (secondary N) is 1. The number of fused-ring (bicyclic) bond motifs is 2. The van der Waals surface area contributed by atoms with Gasteiger partial charge in [0.15, 0.2) is 0 Å². The van der Waals surface area contributed by atoms with Crippen LogP contribution in [0.4, 0.5) is 5.69 Å². The summed E-state index contributed by atoms with van der Waals surface area (Å²) in [5.41, 5.74) is 6.96. The van der Waals surface area contributed by atoms with Crippen molar-refractivity contribution in [3.05, 3.63) is 65.2 Å². The molecule has 2 aromatic rings. The van der Waals surface area contributed by atoms with E-state index in [9.17, 15) is 27.6 Å². The summed E-state index contributed by atoms with van der Waals surface area (Å²) in [6, 6.07) is 12.5. The number of rotatable bonds is 7. The van der Waals surface area contributed by atoms with Gasteiger partial charge in [-0.3, -0.25) is 14.4 Å². The van der Waals surface area contributed by atoms with E-state index in [-0.39, 0.29) is 31.7 Å². The molecule has 0 spiro atoms. The quantitative estimate of drug-likeness (QED) is 0.279. The molecule has 2 unspecified atom stereocenters. The number of esters is 1. The van der Waals surface area contributed by atoms with Gasteiger partial charge in [-0.15, -0.1) is 0 Å². The zero-order chi connectivity index (χ0) is 27.9. The van der Waals surface area contributed by atoms with E-state index in [1.807, 2.05) is 0 Å². The van der Waals surface area contributed by atoms with Gasteiger partial charge in [0, 0.05) is 31.1 Å². The van der Waals surface area contributed by atoms with Crippen LogP contribution in [0, 0.1) is 0 Å². The molecular formula is C27H30N4O7S. The van der Waals surface area contributed by atoms with Gasteiger partial charge < -0.3 is 20.7 Å². The van der Waals surface area contributed by atoms with E-state index in [2.05, 4.69) is 10.1 Å². The van der Waals surface area contributed by atoms with Crippen molar-refractivity contribution in [3.63, 3.8) is 0 Å². The highest BCUT2D eigenvalue weighted by molar-refractivity contribution is 7.88. The molecule has 12 heteroatoms. The fourth-order valence-electron chi connectivity index (χ4n) is 5.93. The van der Waals surface area contributed by atoms with E-state index in [4.69, 9.17) is 5.73 Å². The van der Waals surface area contributed by atoms with Gasteiger partial charge >= 0.3 is 5.97 Å².